The molecule has 0 aromatic carbocycles. The fourth-order valence-electron chi connectivity index (χ4n) is 0.925. The summed E-state index contributed by atoms with van der Waals surface area (Å²) in [5.74, 6) is 0. The third-order valence-corrected chi connectivity index (χ3v) is 1.56. The molecule has 0 radical (unpaired) electrons. The van der Waals surface area contributed by atoms with Gasteiger partial charge in [-0.25, -0.2) is 0 Å². The first kappa shape index (κ1) is 17.7. The molecule has 0 N–H and O–H groups in total. The summed E-state index contributed by atoms with van der Waals surface area (Å²) in [7, 11) is 5.34. The zero-order chi connectivity index (χ0) is 6.95. The van der Waals surface area contributed by atoms with Crippen LogP contribution in [-0.2, 0) is 0 Å². The van der Waals surface area contributed by atoms with E-state index in [9.17, 15) is 0 Å². The van der Waals surface area contributed by atoms with Gasteiger partial charge in [-0.1, -0.05) is 0 Å². The van der Waals surface area contributed by atoms with Crippen LogP contribution in [-0.4, -0.2) is 7.85 Å². The largest absolute Gasteiger partial charge is 1.00 e. The smallest absolute Gasteiger partial charge is 1.00 e. The first-order valence-corrected chi connectivity index (χ1v) is 4.12. The molecule has 0 saturated carbocycles. The van der Waals surface area contributed by atoms with Crippen LogP contribution in [0.3, 0.4) is 0 Å². The molecule has 0 atom stereocenters. The fraction of sp³-hybridized carbons (Fsp3) is 1.00. The third kappa shape index (κ3) is 18.0. The molecule has 66 valence electrons. The van der Waals surface area contributed by atoms with Gasteiger partial charge in [0, 0.05) is 0 Å². The predicted octanol–water partition coefficient (Wildman–Crippen LogP) is -3.06. The summed E-state index contributed by atoms with van der Waals surface area (Å²) in [5, 5.41) is 0. The molecule has 0 fully saturated rings. The topological polar surface area (TPSA) is 0 Å². The Bertz CT molecular complexity index is 45.4. The van der Waals surface area contributed by atoms with Crippen LogP contribution >= 0.6 is 0 Å². The van der Waals surface area contributed by atoms with Gasteiger partial charge >= 0.3 is 59.6 Å². The Kier molecular flexibility index (Phi) is 27.2. The van der Waals surface area contributed by atoms with Gasteiger partial charge in [0.25, 0.3) is 0 Å². The van der Waals surface area contributed by atoms with Crippen LogP contribution in [0.15, 0.2) is 0 Å². The van der Waals surface area contributed by atoms with Crippen LogP contribution in [0.2, 0.25) is 6.32 Å². The molecule has 0 amide bonds. The average Bonchev–Trinajstić information content (AvgIpc) is 1.89. The van der Waals surface area contributed by atoms with Crippen molar-refractivity contribution in [1.82, 2.24) is 0 Å². The summed E-state index contributed by atoms with van der Waals surface area (Å²) in [4.78, 5) is 0. The molecule has 0 saturated heterocycles. The van der Waals surface area contributed by atoms with Crippen molar-refractivity contribution in [3.8, 4) is 0 Å². The Morgan fingerprint density at radius 1 is 0.818 bits per heavy atom. The fourth-order valence-corrected chi connectivity index (χ4v) is 0.925. The van der Waals surface area contributed by atoms with Gasteiger partial charge in [-0.15, -0.1) is 0 Å². The van der Waals surface area contributed by atoms with Gasteiger partial charge in [-0.2, -0.15) is 0 Å². The molecule has 11 heavy (non-hydrogen) atoms. The molecule has 0 nitrogen and oxygen atoms in total. The maximum atomic E-state index is 5.34. The van der Waals surface area contributed by atoms with Gasteiger partial charge in [0.15, 0.2) is 0 Å². The van der Waals surface area contributed by atoms with E-state index < -0.39 is 0 Å². The Morgan fingerprint density at radius 2 is 1.27 bits per heavy atom. The maximum Gasteiger partial charge on any atom is -1.00 e. The summed E-state index contributed by atoms with van der Waals surface area (Å²) in [5.41, 5.74) is 0. The van der Waals surface area contributed by atoms with Crippen molar-refractivity contribution in [3.63, 3.8) is 0 Å². The molecule has 0 aromatic heterocycles. The minimum absolute atomic E-state index is 0. The van der Waals surface area contributed by atoms with E-state index in [0.29, 0.717) is 0 Å². The molecule has 0 spiro atoms. The Morgan fingerprint density at radius 3 is 1.73 bits per heavy atom. The van der Waals surface area contributed by atoms with Crippen LogP contribution in [0.4, 0.5) is 0 Å². The number of rotatable bonds is 6. The first-order valence-electron chi connectivity index (χ1n) is 4.12. The van der Waals surface area contributed by atoms with Crippen molar-refractivity contribution in [3.05, 3.63) is 0 Å². The molecule has 0 aliphatic rings. The average molecular weight is 195 g/mol. The van der Waals surface area contributed by atoms with Gasteiger partial charge in [0.2, 0.25) is 0 Å². The van der Waals surface area contributed by atoms with Crippen LogP contribution in [0.5, 0.6) is 0 Å². The van der Waals surface area contributed by atoms with Gasteiger partial charge in [-0.3, -0.25) is 0 Å². The number of hydrogen-bond donors (Lipinski definition) is 0. The van der Waals surface area contributed by atoms with Gasteiger partial charge in [0.1, 0.15) is 0 Å². The number of halogens is 2. The van der Waals surface area contributed by atoms with Gasteiger partial charge < -0.3 is 24.8 Å². The van der Waals surface area contributed by atoms with Crippen molar-refractivity contribution in [2.24, 2.45) is 0 Å². The quantitative estimate of drug-likeness (QED) is 0.312. The summed E-state index contributed by atoms with van der Waals surface area (Å²) in [6.07, 6.45) is 8.92. The maximum absolute atomic E-state index is 5.34. The minimum Gasteiger partial charge on any atom is -1.00 e. The van der Waals surface area contributed by atoms with Gasteiger partial charge in [0.05, 0.1) is 0 Å². The van der Waals surface area contributed by atoms with Crippen molar-refractivity contribution in [1.29, 1.82) is 0 Å². The molecular formula is C8H17BCl2. The standard InChI is InChI=1S/C8H17B.2ClH/c1-2-3-4-5-6-7-8-9;;/h2-8H2,1H3;2*1H/q+2;;/p-2. The number of hydrogen-bond acceptors (Lipinski definition) is 0. The molecule has 0 aliphatic heterocycles. The van der Waals surface area contributed by atoms with E-state index in [2.05, 4.69) is 6.92 Å². The monoisotopic (exact) mass is 194 g/mol. The van der Waals surface area contributed by atoms with Crippen molar-refractivity contribution >= 4 is 7.85 Å². The Labute approximate surface area is 84.8 Å². The molecule has 0 heterocycles. The first-order chi connectivity index (χ1) is 4.41. The summed E-state index contributed by atoms with van der Waals surface area (Å²) in [6, 6.07) is 0. The van der Waals surface area contributed by atoms with Crippen LogP contribution in [0.25, 0.3) is 0 Å². The van der Waals surface area contributed by atoms with E-state index in [-0.39, 0.29) is 24.8 Å². The summed E-state index contributed by atoms with van der Waals surface area (Å²) >= 11 is 0. The van der Waals surface area contributed by atoms with Crippen LogP contribution < -0.4 is 24.8 Å². The SMILES string of the molecule is [B+2]CCCCCCCC.[Cl-].[Cl-]. The number of unbranched alkanes of at least 4 members (excludes halogenated alkanes) is 5. The molecule has 0 bridgehead atoms. The van der Waals surface area contributed by atoms with Crippen molar-refractivity contribution in [2.45, 2.75) is 51.8 Å². The zero-order valence-electron chi connectivity index (χ0n) is 7.28. The summed E-state index contributed by atoms with van der Waals surface area (Å²) in [6.45, 7) is 2.24. The Balaban J connectivity index is -0.000000320. The zero-order valence-corrected chi connectivity index (χ0v) is 8.79. The van der Waals surface area contributed by atoms with E-state index in [4.69, 9.17) is 7.85 Å². The molecular weight excluding hydrogens is 178 g/mol. The molecule has 0 rings (SSSR count). The molecule has 3 heteroatoms. The van der Waals surface area contributed by atoms with Crippen LogP contribution in [0.1, 0.15) is 45.4 Å². The van der Waals surface area contributed by atoms with E-state index in [1.807, 2.05) is 0 Å². The second-order valence-corrected chi connectivity index (χ2v) is 2.56. The van der Waals surface area contributed by atoms with Crippen LogP contribution in [0, 0.1) is 0 Å². The van der Waals surface area contributed by atoms with Gasteiger partial charge in [-0.05, 0) is 0 Å². The second-order valence-electron chi connectivity index (χ2n) is 2.56. The van der Waals surface area contributed by atoms with E-state index in [1.165, 1.54) is 38.5 Å². The summed E-state index contributed by atoms with van der Waals surface area (Å²) < 4.78 is 0. The molecule has 0 aromatic rings. The normalized spacial score (nSPS) is 8.27. The predicted molar refractivity (Wildman–Crippen MR) is 43.9 cm³/mol. The molecule has 0 unspecified atom stereocenters. The Hall–Kier alpha value is 0.645. The second kappa shape index (κ2) is 16.9. The third-order valence-electron chi connectivity index (χ3n) is 1.56. The van der Waals surface area contributed by atoms with Crippen molar-refractivity contribution < 1.29 is 24.8 Å². The van der Waals surface area contributed by atoms with E-state index >= 15 is 0 Å². The van der Waals surface area contributed by atoms with E-state index in [0.717, 1.165) is 6.32 Å². The molecule has 0 aliphatic carbocycles. The van der Waals surface area contributed by atoms with E-state index in [1.54, 1.807) is 0 Å². The van der Waals surface area contributed by atoms with Crippen molar-refractivity contribution in [2.75, 3.05) is 0 Å². The minimum atomic E-state index is 0.